The number of nitrogens with zero attached hydrogens (tertiary/aromatic N) is 2. The van der Waals surface area contributed by atoms with E-state index in [2.05, 4.69) is 28.3 Å². The molecule has 1 aromatic heterocycles. The first kappa shape index (κ1) is 15.2. The third-order valence-corrected chi connectivity index (χ3v) is 3.69. The van der Waals surface area contributed by atoms with Crippen LogP contribution in [-0.2, 0) is 0 Å². The number of likely N-dealkylation sites (N-methyl/N-ethyl adjacent to an activating group) is 1. The molecule has 1 unspecified atom stereocenters. The van der Waals surface area contributed by atoms with Crippen molar-refractivity contribution in [2.45, 2.75) is 26.3 Å². The molecular weight excluding hydrogens is 273 g/mol. The van der Waals surface area contributed by atoms with Gasteiger partial charge in [-0.05, 0) is 50.8 Å². The van der Waals surface area contributed by atoms with Gasteiger partial charge in [0.2, 0.25) is 0 Å². The van der Waals surface area contributed by atoms with Crippen molar-refractivity contribution in [3.63, 3.8) is 0 Å². The van der Waals surface area contributed by atoms with Crippen LogP contribution in [0.4, 0.5) is 4.39 Å². The van der Waals surface area contributed by atoms with Crippen LogP contribution in [0.1, 0.15) is 26.3 Å². The van der Waals surface area contributed by atoms with E-state index >= 15 is 0 Å². The lowest BCUT2D eigenvalue weighted by Crippen LogP contribution is -2.25. The Kier molecular flexibility index (Phi) is 4.60. The molecule has 110 valence electrons. The summed E-state index contributed by atoms with van der Waals surface area (Å²) in [5.74, 6) is 0.306. The molecule has 1 aromatic carbocycles. The molecule has 0 bridgehead atoms. The maximum atomic E-state index is 13.9. The van der Waals surface area contributed by atoms with Gasteiger partial charge in [0.1, 0.15) is 11.3 Å². The molecular formula is C15H22FN3S. The number of halogens is 1. The Bertz CT molecular complexity index is 632. The molecule has 0 spiro atoms. The minimum atomic E-state index is -0.250. The van der Waals surface area contributed by atoms with Crippen LogP contribution < -0.4 is 0 Å². The summed E-state index contributed by atoms with van der Waals surface area (Å²) in [6, 6.07) is 5.36. The van der Waals surface area contributed by atoms with E-state index in [1.165, 1.54) is 6.07 Å². The van der Waals surface area contributed by atoms with Gasteiger partial charge in [0.25, 0.3) is 0 Å². The van der Waals surface area contributed by atoms with E-state index in [1.807, 2.05) is 20.2 Å². The maximum absolute atomic E-state index is 13.9. The van der Waals surface area contributed by atoms with Gasteiger partial charge >= 0.3 is 0 Å². The fourth-order valence-electron chi connectivity index (χ4n) is 2.70. The van der Waals surface area contributed by atoms with Gasteiger partial charge in [0.15, 0.2) is 4.77 Å². The Morgan fingerprint density at radius 2 is 2.05 bits per heavy atom. The molecule has 0 amide bonds. The Labute approximate surface area is 124 Å². The monoisotopic (exact) mass is 295 g/mol. The number of hydrogen-bond donors (Lipinski definition) is 1. The first-order chi connectivity index (χ1) is 9.40. The highest BCUT2D eigenvalue weighted by Gasteiger charge is 2.19. The zero-order chi connectivity index (χ0) is 14.9. The van der Waals surface area contributed by atoms with Crippen molar-refractivity contribution in [1.82, 2.24) is 14.5 Å². The lowest BCUT2D eigenvalue weighted by molar-refractivity contribution is 0.291. The van der Waals surface area contributed by atoms with Crippen molar-refractivity contribution in [3.05, 3.63) is 28.8 Å². The minimum Gasteiger partial charge on any atom is -0.328 e. The first-order valence-electron chi connectivity index (χ1n) is 6.93. The third kappa shape index (κ3) is 3.10. The van der Waals surface area contributed by atoms with Crippen molar-refractivity contribution in [2.24, 2.45) is 5.92 Å². The number of nitrogens with one attached hydrogen (secondary N) is 1. The van der Waals surface area contributed by atoms with Crippen LogP contribution in [0.5, 0.6) is 0 Å². The van der Waals surface area contributed by atoms with Crippen molar-refractivity contribution in [2.75, 3.05) is 20.6 Å². The second kappa shape index (κ2) is 6.06. The van der Waals surface area contributed by atoms with Crippen LogP contribution in [0.3, 0.4) is 0 Å². The van der Waals surface area contributed by atoms with Crippen LogP contribution in [0, 0.1) is 16.5 Å². The summed E-state index contributed by atoms with van der Waals surface area (Å²) in [6.07, 6.45) is 1.01. The van der Waals surface area contributed by atoms with Gasteiger partial charge in [-0.3, -0.25) is 0 Å². The highest BCUT2D eigenvalue weighted by molar-refractivity contribution is 7.71. The first-order valence-corrected chi connectivity index (χ1v) is 7.34. The van der Waals surface area contributed by atoms with E-state index in [-0.39, 0.29) is 11.9 Å². The zero-order valence-electron chi connectivity index (χ0n) is 12.5. The van der Waals surface area contributed by atoms with Crippen LogP contribution in [0.2, 0.25) is 0 Å². The molecule has 2 aromatic rings. The number of rotatable bonds is 5. The smallest absolute Gasteiger partial charge is 0.178 e. The highest BCUT2D eigenvalue weighted by Crippen LogP contribution is 2.26. The second-order valence-corrected chi connectivity index (χ2v) is 6.37. The van der Waals surface area contributed by atoms with E-state index in [0.717, 1.165) is 18.5 Å². The number of imidazole rings is 1. The molecule has 0 saturated heterocycles. The molecule has 20 heavy (non-hydrogen) atoms. The number of fused-ring (bicyclic) bond motifs is 1. The number of aromatic nitrogens is 2. The van der Waals surface area contributed by atoms with E-state index < -0.39 is 0 Å². The third-order valence-electron chi connectivity index (χ3n) is 3.39. The Morgan fingerprint density at radius 1 is 1.35 bits per heavy atom. The fraction of sp³-hybridized carbons (Fsp3) is 0.533. The normalized spacial score (nSPS) is 13.6. The zero-order valence-corrected chi connectivity index (χ0v) is 13.3. The number of H-pyrrole nitrogens is 1. The van der Waals surface area contributed by atoms with Gasteiger partial charge in [-0.15, -0.1) is 0 Å². The molecule has 1 N–H and O–H groups in total. The average Bonchev–Trinajstić information content (AvgIpc) is 2.65. The molecule has 0 radical (unpaired) electrons. The molecule has 2 rings (SSSR count). The second-order valence-electron chi connectivity index (χ2n) is 5.98. The molecule has 1 heterocycles. The van der Waals surface area contributed by atoms with E-state index in [0.29, 0.717) is 16.2 Å². The summed E-state index contributed by atoms with van der Waals surface area (Å²) in [5, 5.41) is 0. The summed E-state index contributed by atoms with van der Waals surface area (Å²) >= 11 is 5.42. The van der Waals surface area contributed by atoms with Crippen LogP contribution in [0.15, 0.2) is 18.2 Å². The van der Waals surface area contributed by atoms with Crippen LogP contribution in [0.25, 0.3) is 11.0 Å². The number of benzene rings is 1. The predicted octanol–water partition coefficient (Wildman–Crippen LogP) is 3.99. The fourth-order valence-corrected chi connectivity index (χ4v) is 3.05. The Balaban J connectivity index is 2.55. The van der Waals surface area contributed by atoms with Gasteiger partial charge in [-0.2, -0.15) is 0 Å². The van der Waals surface area contributed by atoms with E-state index in [9.17, 15) is 4.39 Å². The van der Waals surface area contributed by atoms with Gasteiger partial charge < -0.3 is 14.5 Å². The Morgan fingerprint density at radius 3 is 2.65 bits per heavy atom. The van der Waals surface area contributed by atoms with Crippen LogP contribution >= 0.6 is 12.2 Å². The highest BCUT2D eigenvalue weighted by atomic mass is 32.1. The summed E-state index contributed by atoms with van der Waals surface area (Å²) in [5.41, 5.74) is 1.35. The largest absolute Gasteiger partial charge is 0.328 e. The van der Waals surface area contributed by atoms with Gasteiger partial charge in [0, 0.05) is 12.6 Å². The van der Waals surface area contributed by atoms with Crippen LogP contribution in [-0.4, -0.2) is 35.1 Å². The Hall–Kier alpha value is -1.20. The van der Waals surface area contributed by atoms with Gasteiger partial charge in [0.05, 0.1) is 5.52 Å². The van der Waals surface area contributed by atoms with Gasteiger partial charge in [-0.25, -0.2) is 4.39 Å². The predicted molar refractivity (Wildman–Crippen MR) is 84.1 cm³/mol. The molecule has 0 saturated carbocycles. The summed E-state index contributed by atoms with van der Waals surface area (Å²) in [4.78, 5) is 5.15. The molecule has 0 aliphatic heterocycles. The summed E-state index contributed by atoms with van der Waals surface area (Å²) < 4.78 is 16.5. The molecule has 5 heteroatoms. The van der Waals surface area contributed by atoms with Crippen molar-refractivity contribution in [1.29, 1.82) is 0 Å². The summed E-state index contributed by atoms with van der Waals surface area (Å²) in [7, 11) is 4.10. The van der Waals surface area contributed by atoms with E-state index in [1.54, 1.807) is 6.07 Å². The molecule has 0 aliphatic rings. The molecule has 3 nitrogen and oxygen atoms in total. The quantitative estimate of drug-likeness (QED) is 0.843. The molecule has 1 atom stereocenters. The molecule has 0 fully saturated rings. The van der Waals surface area contributed by atoms with Crippen molar-refractivity contribution >= 4 is 23.3 Å². The summed E-state index contributed by atoms with van der Waals surface area (Å²) in [6.45, 7) is 5.28. The minimum absolute atomic E-state index is 0.244. The van der Waals surface area contributed by atoms with Gasteiger partial charge in [-0.1, -0.05) is 19.9 Å². The number of hydrogen-bond acceptors (Lipinski definition) is 2. The number of aromatic amines is 1. The topological polar surface area (TPSA) is 24.0 Å². The SMILES string of the molecule is CC(C)CC(CN(C)C)n1c(=S)[nH]c2c(F)cccc21. The molecule has 0 aliphatic carbocycles. The van der Waals surface area contributed by atoms with Crippen molar-refractivity contribution in [3.8, 4) is 0 Å². The lowest BCUT2D eigenvalue weighted by Gasteiger charge is -2.24. The van der Waals surface area contributed by atoms with Crippen molar-refractivity contribution < 1.29 is 4.39 Å². The maximum Gasteiger partial charge on any atom is 0.178 e. The average molecular weight is 295 g/mol. The number of para-hydroxylation sites is 1. The standard InChI is InChI=1S/C15H22FN3S/c1-10(2)8-11(9-18(3)4)19-13-7-5-6-12(16)14(13)17-15(19)20/h5-7,10-11H,8-9H2,1-4H3,(H,17,20). The lowest BCUT2D eigenvalue weighted by atomic mass is 10.0. The van der Waals surface area contributed by atoms with E-state index in [4.69, 9.17) is 12.2 Å².